The molecule has 20 heavy (non-hydrogen) atoms. The van der Waals surface area contributed by atoms with Crippen molar-refractivity contribution in [2.45, 2.75) is 25.6 Å². The third-order valence-electron chi connectivity index (χ3n) is 3.50. The molecule has 2 unspecified atom stereocenters. The lowest BCUT2D eigenvalue weighted by molar-refractivity contribution is 0.220. The summed E-state index contributed by atoms with van der Waals surface area (Å²) in [7, 11) is 0. The van der Waals surface area contributed by atoms with E-state index in [-0.39, 0.29) is 11.9 Å². The van der Waals surface area contributed by atoms with Crippen molar-refractivity contribution in [3.8, 4) is 5.75 Å². The maximum absolute atomic E-state index is 13.2. The Balaban J connectivity index is 1.93. The summed E-state index contributed by atoms with van der Waals surface area (Å²) in [6.45, 7) is 2.02. The second-order valence-electron chi connectivity index (χ2n) is 5.08. The molecule has 0 saturated carbocycles. The van der Waals surface area contributed by atoms with Gasteiger partial charge < -0.3 is 9.84 Å². The Labute approximate surface area is 125 Å². The highest BCUT2D eigenvalue weighted by Gasteiger charge is 2.21. The fourth-order valence-electron chi connectivity index (χ4n) is 2.49. The highest BCUT2D eigenvalue weighted by atomic mass is 79.9. The molecule has 4 heteroatoms. The van der Waals surface area contributed by atoms with Gasteiger partial charge in [0.2, 0.25) is 0 Å². The molecule has 104 valence electrons. The molecule has 1 aliphatic rings. The van der Waals surface area contributed by atoms with Crippen molar-refractivity contribution in [2.75, 3.05) is 0 Å². The van der Waals surface area contributed by atoms with Gasteiger partial charge in [-0.05, 0) is 63.8 Å². The van der Waals surface area contributed by atoms with E-state index in [1.54, 1.807) is 12.1 Å². The second-order valence-corrected chi connectivity index (χ2v) is 5.93. The molecule has 0 radical (unpaired) electrons. The molecule has 0 saturated heterocycles. The van der Waals surface area contributed by atoms with Crippen LogP contribution < -0.4 is 4.74 Å². The van der Waals surface area contributed by atoms with Crippen LogP contribution in [0.15, 0.2) is 40.9 Å². The molecule has 1 aliphatic heterocycles. The molecule has 1 heterocycles. The Morgan fingerprint density at radius 1 is 1.25 bits per heavy atom. The topological polar surface area (TPSA) is 29.5 Å². The lowest BCUT2D eigenvalue weighted by atomic mass is 9.98. The maximum atomic E-state index is 13.2. The molecule has 0 aliphatic carbocycles. The van der Waals surface area contributed by atoms with Crippen molar-refractivity contribution in [1.82, 2.24) is 0 Å². The van der Waals surface area contributed by atoms with E-state index in [2.05, 4.69) is 15.9 Å². The zero-order valence-corrected chi connectivity index (χ0v) is 12.5. The van der Waals surface area contributed by atoms with Gasteiger partial charge >= 0.3 is 0 Å². The number of aliphatic hydroxyl groups excluding tert-OH is 1. The number of hydrogen-bond donors (Lipinski definition) is 1. The van der Waals surface area contributed by atoms with E-state index in [0.29, 0.717) is 10.0 Å². The van der Waals surface area contributed by atoms with Crippen LogP contribution in [0.5, 0.6) is 5.75 Å². The predicted octanol–water partition coefficient (Wildman–Crippen LogP) is 3.99. The third kappa shape index (κ3) is 2.45. The van der Waals surface area contributed by atoms with E-state index >= 15 is 0 Å². The lowest BCUT2D eigenvalue weighted by Crippen LogP contribution is -2.05. The summed E-state index contributed by atoms with van der Waals surface area (Å²) in [5, 5.41) is 10.4. The Hall–Kier alpha value is -1.39. The summed E-state index contributed by atoms with van der Waals surface area (Å²) in [6.07, 6.45) is 0.258. The van der Waals surface area contributed by atoms with E-state index < -0.39 is 6.10 Å². The number of rotatable bonds is 2. The highest BCUT2D eigenvalue weighted by molar-refractivity contribution is 9.10. The van der Waals surface area contributed by atoms with Crippen LogP contribution >= 0.6 is 15.9 Å². The van der Waals surface area contributed by atoms with Crippen LogP contribution in [0.4, 0.5) is 4.39 Å². The first-order valence-electron chi connectivity index (χ1n) is 6.47. The minimum absolute atomic E-state index is 0.178. The molecule has 2 atom stereocenters. The van der Waals surface area contributed by atoms with Gasteiger partial charge in [0.05, 0.1) is 4.47 Å². The van der Waals surface area contributed by atoms with Gasteiger partial charge in [-0.3, -0.25) is 0 Å². The van der Waals surface area contributed by atoms with Crippen LogP contribution in [-0.2, 0) is 6.42 Å². The van der Waals surface area contributed by atoms with Crippen molar-refractivity contribution in [2.24, 2.45) is 0 Å². The zero-order valence-electron chi connectivity index (χ0n) is 10.9. The standard InChI is InChI=1S/C16H14BrFO2/c1-9-6-12-7-10(3-5-15(12)20-9)16(19)11-2-4-14(18)13(17)8-11/h2-5,7-9,16,19H,6H2,1H3. The van der Waals surface area contributed by atoms with Crippen molar-refractivity contribution < 1.29 is 14.2 Å². The van der Waals surface area contributed by atoms with Crippen LogP contribution in [0.3, 0.4) is 0 Å². The molecule has 2 aromatic carbocycles. The van der Waals surface area contributed by atoms with Gasteiger partial charge in [-0.1, -0.05) is 12.1 Å². The maximum Gasteiger partial charge on any atom is 0.137 e. The number of aliphatic hydroxyl groups is 1. The van der Waals surface area contributed by atoms with E-state index in [0.717, 1.165) is 23.3 Å². The second kappa shape index (κ2) is 5.19. The van der Waals surface area contributed by atoms with Crippen molar-refractivity contribution in [3.05, 3.63) is 63.4 Å². The van der Waals surface area contributed by atoms with E-state index in [4.69, 9.17) is 4.74 Å². The third-order valence-corrected chi connectivity index (χ3v) is 4.10. The fourth-order valence-corrected chi connectivity index (χ4v) is 2.88. The van der Waals surface area contributed by atoms with Gasteiger partial charge in [0.25, 0.3) is 0 Å². The summed E-state index contributed by atoms with van der Waals surface area (Å²) >= 11 is 3.14. The highest BCUT2D eigenvalue weighted by Crippen LogP contribution is 2.33. The van der Waals surface area contributed by atoms with E-state index in [1.807, 2.05) is 25.1 Å². The van der Waals surface area contributed by atoms with Crippen LogP contribution in [0.25, 0.3) is 0 Å². The lowest BCUT2D eigenvalue weighted by Gasteiger charge is -2.13. The van der Waals surface area contributed by atoms with Crippen LogP contribution in [0, 0.1) is 5.82 Å². The smallest absolute Gasteiger partial charge is 0.137 e. The summed E-state index contributed by atoms with van der Waals surface area (Å²) in [5.74, 6) is 0.547. The molecule has 0 spiro atoms. The quantitative estimate of drug-likeness (QED) is 0.898. The number of hydrogen-bond acceptors (Lipinski definition) is 2. The Bertz CT molecular complexity index is 657. The van der Waals surface area contributed by atoms with Crippen LogP contribution in [-0.4, -0.2) is 11.2 Å². The summed E-state index contributed by atoms with van der Waals surface area (Å²) in [6, 6.07) is 10.2. The Morgan fingerprint density at radius 3 is 2.70 bits per heavy atom. The summed E-state index contributed by atoms with van der Waals surface area (Å²) in [5.41, 5.74) is 2.56. The molecule has 0 fully saturated rings. The van der Waals surface area contributed by atoms with Gasteiger partial charge in [0, 0.05) is 6.42 Å². The molecule has 0 amide bonds. The average Bonchev–Trinajstić information content (AvgIpc) is 2.80. The number of halogens is 2. The van der Waals surface area contributed by atoms with E-state index in [9.17, 15) is 9.50 Å². The normalized spacial score (nSPS) is 18.5. The number of benzene rings is 2. The first-order chi connectivity index (χ1) is 9.54. The van der Waals surface area contributed by atoms with Crippen LogP contribution in [0.2, 0.25) is 0 Å². The molecule has 3 rings (SSSR count). The fraction of sp³-hybridized carbons (Fsp3) is 0.250. The van der Waals surface area contributed by atoms with Crippen molar-refractivity contribution >= 4 is 15.9 Å². The molecule has 0 aromatic heterocycles. The largest absolute Gasteiger partial charge is 0.490 e. The van der Waals surface area contributed by atoms with Crippen molar-refractivity contribution in [1.29, 1.82) is 0 Å². The number of ether oxygens (including phenoxy) is 1. The molecule has 2 aromatic rings. The first-order valence-corrected chi connectivity index (χ1v) is 7.26. The van der Waals surface area contributed by atoms with Gasteiger partial charge in [-0.25, -0.2) is 4.39 Å². The van der Waals surface area contributed by atoms with E-state index in [1.165, 1.54) is 6.07 Å². The van der Waals surface area contributed by atoms with Gasteiger partial charge in [0.1, 0.15) is 23.8 Å². The zero-order chi connectivity index (χ0) is 14.3. The monoisotopic (exact) mass is 336 g/mol. The predicted molar refractivity (Wildman–Crippen MR) is 78.4 cm³/mol. The van der Waals surface area contributed by atoms with Crippen LogP contribution in [0.1, 0.15) is 29.7 Å². The molecule has 1 N–H and O–H groups in total. The molecular formula is C16H14BrFO2. The van der Waals surface area contributed by atoms with Crippen molar-refractivity contribution in [3.63, 3.8) is 0 Å². The van der Waals surface area contributed by atoms with Gasteiger partial charge in [-0.15, -0.1) is 0 Å². The molecule has 0 bridgehead atoms. The summed E-state index contributed by atoms with van der Waals surface area (Å²) in [4.78, 5) is 0. The minimum atomic E-state index is -0.770. The van der Waals surface area contributed by atoms with Gasteiger partial charge in [0.15, 0.2) is 0 Å². The Morgan fingerprint density at radius 2 is 1.95 bits per heavy atom. The molecular weight excluding hydrogens is 323 g/mol. The first kappa shape index (κ1) is 13.6. The minimum Gasteiger partial charge on any atom is -0.490 e. The molecule has 2 nitrogen and oxygen atoms in total. The number of fused-ring (bicyclic) bond motifs is 1. The average molecular weight is 337 g/mol. The SMILES string of the molecule is CC1Cc2cc(C(O)c3ccc(F)c(Br)c3)ccc2O1. The summed E-state index contributed by atoms with van der Waals surface area (Å²) < 4.78 is 19.2. The Kier molecular flexibility index (Phi) is 3.52. The van der Waals surface area contributed by atoms with Gasteiger partial charge in [-0.2, -0.15) is 0 Å².